The van der Waals surface area contributed by atoms with Crippen LogP contribution in [0, 0.1) is 6.92 Å². The minimum atomic E-state index is 0.587. The lowest BCUT2D eigenvalue weighted by atomic mass is 10.1. The van der Waals surface area contributed by atoms with Crippen LogP contribution in [0.2, 0.25) is 0 Å². The highest BCUT2D eigenvalue weighted by Gasteiger charge is 2.14. The maximum atomic E-state index is 6.55. The molecule has 0 bridgehead atoms. The van der Waals surface area contributed by atoms with E-state index in [2.05, 4.69) is 60.7 Å². The maximum Gasteiger partial charge on any atom is 0.151 e. The Morgan fingerprint density at radius 1 is 1.03 bits per heavy atom. The molecule has 0 saturated carbocycles. The van der Waals surface area contributed by atoms with Crippen LogP contribution in [-0.2, 0) is 0 Å². The number of nitrogens with zero attached hydrogens (tertiary/aromatic N) is 4. The van der Waals surface area contributed by atoms with Gasteiger partial charge in [0.15, 0.2) is 5.82 Å². The van der Waals surface area contributed by atoms with Crippen LogP contribution in [0.5, 0.6) is 0 Å². The first-order valence-corrected chi connectivity index (χ1v) is 10.6. The molecule has 3 N–H and O–H groups in total. The van der Waals surface area contributed by atoms with Crippen molar-refractivity contribution < 1.29 is 0 Å². The monoisotopic (exact) mass is 410 g/mol. The summed E-state index contributed by atoms with van der Waals surface area (Å²) in [5.74, 6) is 1.47. The van der Waals surface area contributed by atoms with Gasteiger partial charge in [-0.25, -0.2) is 9.67 Å². The van der Waals surface area contributed by atoms with Crippen LogP contribution < -0.4 is 5.73 Å². The zero-order valence-electron chi connectivity index (χ0n) is 16.2. The molecule has 6 nitrogen and oxygen atoms in total. The van der Waals surface area contributed by atoms with Gasteiger partial charge in [0.25, 0.3) is 0 Å². The van der Waals surface area contributed by atoms with Gasteiger partial charge in [-0.2, -0.15) is 16.4 Å². The number of rotatable bonds is 3. The largest absolute Gasteiger partial charge is 0.382 e. The third kappa shape index (κ3) is 2.56. The first-order chi connectivity index (χ1) is 14.7. The second-order valence-corrected chi connectivity index (χ2v) is 8.10. The van der Waals surface area contributed by atoms with Crippen molar-refractivity contribution in [1.29, 1.82) is 0 Å². The van der Waals surface area contributed by atoms with Gasteiger partial charge in [0, 0.05) is 6.20 Å². The highest BCUT2D eigenvalue weighted by Crippen LogP contribution is 2.30. The van der Waals surface area contributed by atoms with Crippen molar-refractivity contribution in [1.82, 2.24) is 24.3 Å². The zero-order chi connectivity index (χ0) is 20.2. The lowest BCUT2D eigenvalue weighted by molar-refractivity contribution is 0.892. The predicted octanol–water partition coefficient (Wildman–Crippen LogP) is 5.31. The van der Waals surface area contributed by atoms with Crippen LogP contribution in [-0.4, -0.2) is 24.3 Å². The standard InChI is InChI=1S/C23H18N6S/c1-14-26-19-5-4-18(11-20(19)27-14)29-23(24)22(12-25-29)28-8-6-15-2-3-16(10-21(15)28)17-7-9-30-13-17/h2-13H,24H2,1H3,(H,26,27). The molecule has 0 radical (unpaired) electrons. The smallest absolute Gasteiger partial charge is 0.151 e. The Kier molecular flexibility index (Phi) is 3.60. The molecular weight excluding hydrogens is 392 g/mol. The molecule has 4 aromatic heterocycles. The van der Waals surface area contributed by atoms with Crippen molar-refractivity contribution in [3.8, 4) is 22.5 Å². The summed E-state index contributed by atoms with van der Waals surface area (Å²) in [4.78, 5) is 7.73. The van der Waals surface area contributed by atoms with Gasteiger partial charge in [0.05, 0.1) is 28.4 Å². The number of aromatic amines is 1. The van der Waals surface area contributed by atoms with Crippen LogP contribution >= 0.6 is 11.3 Å². The number of hydrogen-bond donors (Lipinski definition) is 2. The molecule has 0 amide bonds. The molecule has 7 heteroatoms. The number of thiophene rings is 1. The highest BCUT2D eigenvalue weighted by atomic mass is 32.1. The molecule has 0 atom stereocenters. The third-order valence-corrected chi connectivity index (χ3v) is 6.10. The van der Waals surface area contributed by atoms with Crippen molar-refractivity contribution in [2.75, 3.05) is 5.73 Å². The maximum absolute atomic E-state index is 6.55. The van der Waals surface area contributed by atoms with Crippen LogP contribution in [0.1, 0.15) is 5.82 Å². The normalized spacial score (nSPS) is 11.6. The van der Waals surface area contributed by atoms with E-state index in [0.717, 1.165) is 39.1 Å². The van der Waals surface area contributed by atoms with E-state index in [-0.39, 0.29) is 0 Å². The molecule has 30 heavy (non-hydrogen) atoms. The summed E-state index contributed by atoms with van der Waals surface area (Å²) in [6, 6.07) is 16.7. The van der Waals surface area contributed by atoms with Gasteiger partial charge in [0.1, 0.15) is 11.5 Å². The molecule has 0 aliphatic heterocycles. The van der Waals surface area contributed by atoms with Crippen molar-refractivity contribution >= 4 is 39.1 Å². The minimum Gasteiger partial charge on any atom is -0.382 e. The summed E-state index contributed by atoms with van der Waals surface area (Å²) < 4.78 is 3.86. The number of imidazole rings is 1. The van der Waals surface area contributed by atoms with E-state index in [0.29, 0.717) is 5.82 Å². The Morgan fingerprint density at radius 3 is 2.83 bits per heavy atom. The highest BCUT2D eigenvalue weighted by molar-refractivity contribution is 7.08. The molecule has 146 valence electrons. The summed E-state index contributed by atoms with van der Waals surface area (Å²) in [5.41, 5.74) is 13.7. The number of fused-ring (bicyclic) bond motifs is 2. The van der Waals surface area contributed by atoms with Crippen LogP contribution in [0.4, 0.5) is 5.82 Å². The van der Waals surface area contributed by atoms with Gasteiger partial charge in [-0.15, -0.1) is 0 Å². The second kappa shape index (κ2) is 6.33. The van der Waals surface area contributed by atoms with Crippen molar-refractivity contribution in [3.63, 3.8) is 0 Å². The molecule has 6 aromatic rings. The molecule has 0 saturated heterocycles. The number of aryl methyl sites for hydroxylation is 1. The number of nitrogen functional groups attached to an aromatic ring is 1. The quantitative estimate of drug-likeness (QED) is 0.415. The Morgan fingerprint density at radius 2 is 1.97 bits per heavy atom. The lowest BCUT2D eigenvalue weighted by Crippen LogP contribution is -2.04. The summed E-state index contributed by atoms with van der Waals surface area (Å²) in [7, 11) is 0. The zero-order valence-corrected chi connectivity index (χ0v) is 17.0. The summed E-state index contributed by atoms with van der Waals surface area (Å²) >= 11 is 1.70. The SMILES string of the molecule is Cc1nc2ccc(-n3ncc(-n4ccc5ccc(-c6ccsc6)cc54)c3N)cc2[nH]1. The van der Waals surface area contributed by atoms with Gasteiger partial charge in [-0.05, 0) is 70.6 Å². The van der Waals surface area contributed by atoms with E-state index >= 15 is 0 Å². The van der Waals surface area contributed by atoms with E-state index < -0.39 is 0 Å². The molecule has 0 spiro atoms. The Labute approximate surface area is 176 Å². The molecule has 0 aliphatic rings. The van der Waals surface area contributed by atoms with Crippen LogP contribution in [0.25, 0.3) is 44.4 Å². The van der Waals surface area contributed by atoms with Gasteiger partial charge in [-0.1, -0.05) is 12.1 Å². The molecule has 2 aromatic carbocycles. The number of nitrogens with one attached hydrogen (secondary N) is 1. The fraction of sp³-hybridized carbons (Fsp3) is 0.0435. The summed E-state index contributed by atoms with van der Waals surface area (Å²) in [5, 5.41) is 9.99. The topological polar surface area (TPSA) is 77.4 Å². The molecule has 0 unspecified atom stereocenters. The Bertz CT molecular complexity index is 1520. The van der Waals surface area contributed by atoms with E-state index in [1.54, 1.807) is 16.0 Å². The van der Waals surface area contributed by atoms with E-state index in [4.69, 9.17) is 5.73 Å². The Hall–Kier alpha value is -3.84. The number of benzene rings is 2. The number of anilines is 1. The van der Waals surface area contributed by atoms with Crippen LogP contribution in [0.3, 0.4) is 0 Å². The van der Waals surface area contributed by atoms with Gasteiger partial charge in [-0.3, -0.25) is 0 Å². The Balaban J connectivity index is 1.47. The fourth-order valence-corrected chi connectivity index (χ4v) is 4.61. The average molecular weight is 411 g/mol. The lowest BCUT2D eigenvalue weighted by Gasteiger charge is -2.08. The van der Waals surface area contributed by atoms with Crippen molar-refractivity contribution in [2.45, 2.75) is 6.92 Å². The molecule has 0 aliphatic carbocycles. The first-order valence-electron chi connectivity index (χ1n) is 9.62. The summed E-state index contributed by atoms with van der Waals surface area (Å²) in [6.45, 7) is 1.95. The molecule has 6 rings (SSSR count). The molecule has 0 fully saturated rings. The first kappa shape index (κ1) is 17.1. The van der Waals surface area contributed by atoms with Crippen molar-refractivity contribution in [2.24, 2.45) is 0 Å². The van der Waals surface area contributed by atoms with Crippen molar-refractivity contribution in [3.05, 3.63) is 77.5 Å². The van der Waals surface area contributed by atoms with Gasteiger partial charge < -0.3 is 15.3 Å². The molecular formula is C23H18N6S. The fourth-order valence-electron chi connectivity index (χ4n) is 3.94. The van der Waals surface area contributed by atoms with Gasteiger partial charge >= 0.3 is 0 Å². The average Bonchev–Trinajstić information content (AvgIpc) is 3.52. The van der Waals surface area contributed by atoms with Crippen LogP contribution in [0.15, 0.2) is 71.7 Å². The predicted molar refractivity (Wildman–Crippen MR) is 123 cm³/mol. The number of hydrogen-bond acceptors (Lipinski definition) is 4. The van der Waals surface area contributed by atoms with E-state index in [9.17, 15) is 0 Å². The number of aromatic nitrogens is 5. The summed E-state index contributed by atoms with van der Waals surface area (Å²) in [6.07, 6.45) is 3.86. The minimum absolute atomic E-state index is 0.587. The van der Waals surface area contributed by atoms with E-state index in [1.165, 1.54) is 11.1 Å². The second-order valence-electron chi connectivity index (χ2n) is 7.32. The van der Waals surface area contributed by atoms with E-state index in [1.807, 2.05) is 37.5 Å². The molecule has 4 heterocycles. The number of H-pyrrole nitrogens is 1. The number of nitrogens with two attached hydrogens (primary N) is 1. The van der Waals surface area contributed by atoms with Gasteiger partial charge in [0.2, 0.25) is 0 Å². The third-order valence-electron chi connectivity index (χ3n) is 5.42.